The molecule has 0 radical (unpaired) electrons. The van der Waals surface area contributed by atoms with E-state index in [4.69, 9.17) is 15.3 Å². The van der Waals surface area contributed by atoms with Crippen molar-refractivity contribution in [3.05, 3.63) is 29.3 Å². The molecule has 1 atom stereocenters. The molecule has 23 heavy (non-hydrogen) atoms. The van der Waals surface area contributed by atoms with E-state index in [2.05, 4.69) is 11.1 Å². The summed E-state index contributed by atoms with van der Waals surface area (Å²) >= 11 is 1.44. The van der Waals surface area contributed by atoms with Gasteiger partial charge in [-0.2, -0.15) is 10.5 Å². The first-order valence-corrected chi connectivity index (χ1v) is 8.21. The molecule has 6 nitrogen and oxygen atoms in total. The third kappa shape index (κ3) is 2.42. The van der Waals surface area contributed by atoms with Crippen molar-refractivity contribution in [1.29, 1.82) is 10.5 Å². The van der Waals surface area contributed by atoms with E-state index in [9.17, 15) is 5.11 Å². The van der Waals surface area contributed by atoms with E-state index in [1.807, 2.05) is 13.8 Å². The summed E-state index contributed by atoms with van der Waals surface area (Å²) < 4.78 is 6.03. The third-order valence-corrected chi connectivity index (χ3v) is 5.28. The van der Waals surface area contributed by atoms with Crippen molar-refractivity contribution in [2.45, 2.75) is 31.6 Å². The molecule has 1 N–H and O–H groups in total. The topological polar surface area (TPSA) is 92.6 Å². The Balaban J connectivity index is 2.06. The van der Waals surface area contributed by atoms with Gasteiger partial charge in [-0.3, -0.25) is 0 Å². The predicted octanol–water partition coefficient (Wildman–Crippen LogP) is 1.85. The number of fused-ring (bicyclic) bond motifs is 1. The average Bonchev–Trinajstić information content (AvgIpc) is 2.97. The van der Waals surface area contributed by atoms with Gasteiger partial charge >= 0.3 is 0 Å². The maximum Gasteiger partial charge on any atom is 0.208 e. The molecule has 2 aliphatic rings. The number of benzene rings is 1. The summed E-state index contributed by atoms with van der Waals surface area (Å²) in [7, 11) is 0. The number of hydrogen-bond acceptors (Lipinski definition) is 6. The Morgan fingerprint density at radius 3 is 2.87 bits per heavy atom. The van der Waals surface area contributed by atoms with E-state index in [-0.39, 0.29) is 0 Å². The lowest BCUT2D eigenvalue weighted by atomic mass is 9.83. The van der Waals surface area contributed by atoms with Gasteiger partial charge in [-0.25, -0.2) is 0 Å². The molecular formula is C16H16N4O2S. The molecule has 7 heteroatoms. The predicted molar refractivity (Wildman–Crippen MR) is 86.7 cm³/mol. The number of amidine groups is 1. The van der Waals surface area contributed by atoms with Crippen molar-refractivity contribution in [2.24, 2.45) is 4.99 Å². The first kappa shape index (κ1) is 15.7. The van der Waals surface area contributed by atoms with Crippen molar-refractivity contribution < 1.29 is 9.84 Å². The lowest BCUT2D eigenvalue weighted by Gasteiger charge is -2.51. The van der Waals surface area contributed by atoms with Gasteiger partial charge in [0.25, 0.3) is 0 Å². The molecule has 0 spiro atoms. The number of aliphatic hydroxyl groups is 1. The minimum absolute atomic E-state index is 0.301. The standard InChI is InChI=1S/C16H16N4O2S/c1-15(2)16(21,20-5-6-23-14(20)19-10-18)8-12-7-11(9-17)3-4-13(12)22-15/h3-4,7,21H,5-6,8H2,1-2H3. The molecule has 2 aliphatic heterocycles. The maximum absolute atomic E-state index is 11.4. The normalized spacial score (nSPS) is 27.0. The van der Waals surface area contributed by atoms with Gasteiger partial charge in [-0.15, -0.1) is 4.99 Å². The first-order valence-electron chi connectivity index (χ1n) is 7.23. The molecule has 0 amide bonds. The fourth-order valence-electron chi connectivity index (χ4n) is 3.02. The summed E-state index contributed by atoms with van der Waals surface area (Å²) in [6.07, 6.45) is 2.09. The van der Waals surface area contributed by atoms with E-state index in [0.29, 0.717) is 29.4 Å². The van der Waals surface area contributed by atoms with Crippen molar-refractivity contribution in [2.75, 3.05) is 12.3 Å². The Bertz CT molecular complexity index is 762. The van der Waals surface area contributed by atoms with Gasteiger partial charge in [0.2, 0.25) is 6.19 Å². The number of aliphatic imine (C=N–C) groups is 1. The minimum Gasteiger partial charge on any atom is -0.483 e. The maximum atomic E-state index is 11.4. The van der Waals surface area contributed by atoms with Crippen LogP contribution in [-0.4, -0.2) is 38.8 Å². The molecule has 0 saturated carbocycles. The molecule has 118 valence electrons. The van der Waals surface area contributed by atoms with Crippen molar-refractivity contribution in [1.82, 2.24) is 4.90 Å². The zero-order valence-electron chi connectivity index (χ0n) is 12.9. The van der Waals surface area contributed by atoms with Crippen LogP contribution in [0.5, 0.6) is 5.75 Å². The van der Waals surface area contributed by atoms with Crippen LogP contribution in [0.15, 0.2) is 23.2 Å². The summed E-state index contributed by atoms with van der Waals surface area (Å²) in [6.45, 7) is 4.23. The Hall–Kier alpha value is -2.22. The summed E-state index contributed by atoms with van der Waals surface area (Å²) in [5, 5.41) is 29.9. The van der Waals surface area contributed by atoms with Gasteiger partial charge in [-0.1, -0.05) is 11.8 Å². The molecule has 1 saturated heterocycles. The number of ether oxygens (including phenoxy) is 1. The second-order valence-electron chi connectivity index (χ2n) is 6.03. The number of nitriles is 2. The third-order valence-electron chi connectivity index (χ3n) is 4.33. The molecule has 2 heterocycles. The minimum atomic E-state index is -1.34. The largest absolute Gasteiger partial charge is 0.483 e. The highest BCUT2D eigenvalue weighted by Gasteiger charge is 2.55. The lowest BCUT2D eigenvalue weighted by molar-refractivity contribution is -0.191. The van der Waals surface area contributed by atoms with Gasteiger partial charge < -0.3 is 14.7 Å². The highest BCUT2D eigenvalue weighted by Crippen LogP contribution is 2.44. The molecule has 1 aromatic carbocycles. The van der Waals surface area contributed by atoms with E-state index in [1.54, 1.807) is 29.3 Å². The second-order valence-corrected chi connectivity index (χ2v) is 7.10. The smallest absolute Gasteiger partial charge is 0.208 e. The number of nitrogens with zero attached hydrogens (tertiary/aromatic N) is 4. The second kappa shape index (κ2) is 5.45. The number of thioether (sulfide) groups is 1. The highest BCUT2D eigenvalue weighted by molar-refractivity contribution is 8.14. The van der Waals surface area contributed by atoms with Crippen LogP contribution in [0.1, 0.15) is 25.0 Å². The molecule has 0 bridgehead atoms. The van der Waals surface area contributed by atoms with Gasteiger partial charge in [0, 0.05) is 24.3 Å². The zero-order valence-corrected chi connectivity index (χ0v) is 13.7. The van der Waals surface area contributed by atoms with Crippen LogP contribution >= 0.6 is 11.8 Å². The van der Waals surface area contributed by atoms with E-state index in [0.717, 1.165) is 11.3 Å². The Labute approximate surface area is 139 Å². The molecule has 1 aromatic rings. The highest BCUT2D eigenvalue weighted by atomic mass is 32.2. The lowest BCUT2D eigenvalue weighted by Crippen LogP contribution is -2.67. The van der Waals surface area contributed by atoms with E-state index >= 15 is 0 Å². The fourth-order valence-corrected chi connectivity index (χ4v) is 3.98. The monoisotopic (exact) mass is 328 g/mol. The quantitative estimate of drug-likeness (QED) is 0.791. The van der Waals surface area contributed by atoms with E-state index in [1.165, 1.54) is 11.8 Å². The summed E-state index contributed by atoms with van der Waals surface area (Å²) in [5.74, 6) is 1.42. The molecular weight excluding hydrogens is 312 g/mol. The molecule has 3 rings (SSSR count). The molecule has 0 aromatic heterocycles. The Morgan fingerprint density at radius 1 is 1.39 bits per heavy atom. The van der Waals surface area contributed by atoms with Crippen molar-refractivity contribution in [3.63, 3.8) is 0 Å². The van der Waals surface area contributed by atoms with Gasteiger partial charge in [0.05, 0.1) is 11.6 Å². The van der Waals surface area contributed by atoms with Crippen molar-refractivity contribution in [3.8, 4) is 18.0 Å². The summed E-state index contributed by atoms with van der Waals surface area (Å²) in [6, 6.07) is 7.30. The Morgan fingerprint density at radius 2 is 2.17 bits per heavy atom. The number of hydrogen-bond donors (Lipinski definition) is 1. The molecule has 1 unspecified atom stereocenters. The Kier molecular flexibility index (Phi) is 3.71. The molecule has 0 aliphatic carbocycles. The summed E-state index contributed by atoms with van der Waals surface area (Å²) in [4.78, 5) is 5.56. The first-order chi connectivity index (χ1) is 10.9. The average molecular weight is 328 g/mol. The zero-order chi connectivity index (χ0) is 16.7. The van der Waals surface area contributed by atoms with Crippen LogP contribution in [0.3, 0.4) is 0 Å². The van der Waals surface area contributed by atoms with E-state index < -0.39 is 11.3 Å². The fraction of sp³-hybridized carbons (Fsp3) is 0.438. The van der Waals surface area contributed by atoms with Crippen LogP contribution in [0, 0.1) is 22.8 Å². The SMILES string of the molecule is CC1(C)Oc2ccc(C#N)cc2CC1(O)N1CCSC1=NC#N. The summed E-state index contributed by atoms with van der Waals surface area (Å²) in [5.41, 5.74) is -0.932. The number of rotatable bonds is 1. The van der Waals surface area contributed by atoms with Gasteiger partial charge in [0.1, 0.15) is 5.75 Å². The molecule has 1 fully saturated rings. The van der Waals surface area contributed by atoms with Crippen molar-refractivity contribution >= 4 is 16.9 Å². The van der Waals surface area contributed by atoms with Crippen LogP contribution in [0.4, 0.5) is 0 Å². The van der Waals surface area contributed by atoms with Gasteiger partial charge in [-0.05, 0) is 32.0 Å². The van der Waals surface area contributed by atoms with Crippen LogP contribution < -0.4 is 4.74 Å². The van der Waals surface area contributed by atoms with Crippen LogP contribution in [0.25, 0.3) is 0 Å². The van der Waals surface area contributed by atoms with Crippen LogP contribution in [0.2, 0.25) is 0 Å². The van der Waals surface area contributed by atoms with Gasteiger partial charge in [0.15, 0.2) is 16.5 Å². The van der Waals surface area contributed by atoms with Crippen LogP contribution in [-0.2, 0) is 6.42 Å².